The van der Waals surface area contributed by atoms with Crippen LogP contribution in [0.2, 0.25) is 0 Å². The third kappa shape index (κ3) is 2.69. The van der Waals surface area contributed by atoms with Gasteiger partial charge in [-0.15, -0.1) is 0 Å². The first-order valence-corrected chi connectivity index (χ1v) is 6.12. The fourth-order valence-electron chi connectivity index (χ4n) is 1.55. The Morgan fingerprint density at radius 1 is 1.17 bits per heavy atom. The molecule has 0 heterocycles. The lowest BCUT2D eigenvalue weighted by Gasteiger charge is -2.10. The minimum absolute atomic E-state index is 0.300. The van der Waals surface area contributed by atoms with Crippen molar-refractivity contribution >= 4 is 27.3 Å². The molecule has 0 saturated carbocycles. The Hall–Kier alpha value is -1.86. The van der Waals surface area contributed by atoms with Crippen molar-refractivity contribution in [2.24, 2.45) is 0 Å². The van der Waals surface area contributed by atoms with E-state index in [0.29, 0.717) is 11.3 Å². The van der Waals surface area contributed by atoms with Gasteiger partial charge in [-0.2, -0.15) is 5.26 Å². The summed E-state index contributed by atoms with van der Waals surface area (Å²) in [5.74, 6) is -0.300. The normalized spacial score (nSPS) is 9.89. The molecule has 0 atom stereocenters. The predicted molar refractivity (Wildman–Crippen MR) is 73.3 cm³/mol. The fourth-order valence-corrected chi connectivity index (χ4v) is 2.03. The van der Waals surface area contributed by atoms with Crippen LogP contribution in [-0.2, 0) is 0 Å². The fraction of sp³-hybridized carbons (Fsp3) is 0.0714. The number of nitriles is 1. The lowest BCUT2D eigenvalue weighted by molar-refractivity contribution is 0.630. The highest BCUT2D eigenvalue weighted by molar-refractivity contribution is 9.10. The van der Waals surface area contributed by atoms with Crippen LogP contribution in [0.3, 0.4) is 0 Å². The number of halogens is 2. The minimum Gasteiger partial charge on any atom is -0.352 e. The molecule has 0 unspecified atom stereocenters. The number of anilines is 2. The van der Waals surface area contributed by atoms with E-state index in [9.17, 15) is 4.39 Å². The molecule has 2 nitrogen and oxygen atoms in total. The number of hydrogen-bond acceptors (Lipinski definition) is 2. The van der Waals surface area contributed by atoms with E-state index in [1.165, 1.54) is 6.07 Å². The topological polar surface area (TPSA) is 35.8 Å². The van der Waals surface area contributed by atoms with E-state index >= 15 is 0 Å². The Morgan fingerprint density at radius 2 is 1.89 bits per heavy atom. The summed E-state index contributed by atoms with van der Waals surface area (Å²) in [4.78, 5) is 0. The average Bonchev–Trinajstić information content (AvgIpc) is 2.34. The molecule has 2 rings (SSSR count). The molecular formula is C14H10BrFN2. The number of nitrogens with one attached hydrogen (secondary N) is 1. The molecule has 90 valence electrons. The second-order valence-corrected chi connectivity index (χ2v) is 4.77. The summed E-state index contributed by atoms with van der Waals surface area (Å²) in [5.41, 5.74) is 2.55. The first-order chi connectivity index (χ1) is 8.60. The van der Waals surface area contributed by atoms with Crippen molar-refractivity contribution in [1.29, 1.82) is 5.26 Å². The van der Waals surface area contributed by atoms with Crippen molar-refractivity contribution in [3.05, 3.63) is 57.8 Å². The molecule has 0 aliphatic rings. The standard InChI is InChI=1S/C14H10BrFN2/c1-9-2-4-14(12(16)6-9)18-13-5-3-10(8-17)7-11(13)15/h2-7,18H,1H3. The van der Waals surface area contributed by atoms with Gasteiger partial charge in [-0.25, -0.2) is 4.39 Å². The molecule has 0 bridgehead atoms. The van der Waals surface area contributed by atoms with Gasteiger partial charge in [-0.3, -0.25) is 0 Å². The van der Waals surface area contributed by atoms with E-state index in [-0.39, 0.29) is 5.82 Å². The van der Waals surface area contributed by atoms with E-state index in [1.54, 1.807) is 24.3 Å². The monoisotopic (exact) mass is 304 g/mol. The third-order valence-corrected chi connectivity index (χ3v) is 3.15. The second kappa shape index (κ2) is 5.19. The zero-order chi connectivity index (χ0) is 13.1. The second-order valence-electron chi connectivity index (χ2n) is 3.91. The van der Waals surface area contributed by atoms with Gasteiger partial charge in [0.25, 0.3) is 0 Å². The van der Waals surface area contributed by atoms with Gasteiger partial charge in [0.2, 0.25) is 0 Å². The van der Waals surface area contributed by atoms with Crippen molar-refractivity contribution < 1.29 is 4.39 Å². The van der Waals surface area contributed by atoms with Crippen LogP contribution in [0.15, 0.2) is 40.9 Å². The highest BCUT2D eigenvalue weighted by Crippen LogP contribution is 2.28. The summed E-state index contributed by atoms with van der Waals surface area (Å²) >= 11 is 3.35. The Kier molecular flexibility index (Phi) is 3.63. The van der Waals surface area contributed by atoms with Crippen LogP contribution in [0.5, 0.6) is 0 Å². The lowest BCUT2D eigenvalue weighted by atomic mass is 10.2. The maximum absolute atomic E-state index is 13.7. The SMILES string of the molecule is Cc1ccc(Nc2ccc(C#N)cc2Br)c(F)c1. The lowest BCUT2D eigenvalue weighted by Crippen LogP contribution is -1.95. The highest BCUT2D eigenvalue weighted by atomic mass is 79.9. The van der Waals surface area contributed by atoms with Gasteiger partial charge < -0.3 is 5.32 Å². The number of aryl methyl sites for hydroxylation is 1. The molecule has 0 aliphatic heterocycles. The van der Waals surface area contributed by atoms with Crippen molar-refractivity contribution in [3.63, 3.8) is 0 Å². The molecule has 2 aromatic carbocycles. The van der Waals surface area contributed by atoms with Crippen LogP contribution in [0, 0.1) is 24.1 Å². The molecule has 2 aromatic rings. The van der Waals surface area contributed by atoms with Crippen LogP contribution < -0.4 is 5.32 Å². The van der Waals surface area contributed by atoms with Crippen LogP contribution in [-0.4, -0.2) is 0 Å². The molecule has 18 heavy (non-hydrogen) atoms. The summed E-state index contributed by atoms with van der Waals surface area (Å²) in [7, 11) is 0. The van der Waals surface area contributed by atoms with Crippen molar-refractivity contribution in [2.45, 2.75) is 6.92 Å². The van der Waals surface area contributed by atoms with E-state index in [1.807, 2.05) is 19.1 Å². The zero-order valence-electron chi connectivity index (χ0n) is 9.67. The first kappa shape index (κ1) is 12.6. The zero-order valence-corrected chi connectivity index (χ0v) is 11.3. The number of nitrogens with zero attached hydrogens (tertiary/aromatic N) is 1. The van der Waals surface area contributed by atoms with Crippen molar-refractivity contribution in [3.8, 4) is 6.07 Å². The van der Waals surface area contributed by atoms with Gasteiger partial charge in [0.05, 0.1) is 23.0 Å². The van der Waals surface area contributed by atoms with Crippen LogP contribution in [0.25, 0.3) is 0 Å². The molecule has 0 aromatic heterocycles. The average molecular weight is 305 g/mol. The maximum Gasteiger partial charge on any atom is 0.146 e. The van der Waals surface area contributed by atoms with Gasteiger partial charge in [0.1, 0.15) is 5.82 Å². The molecule has 4 heteroatoms. The minimum atomic E-state index is -0.300. The summed E-state index contributed by atoms with van der Waals surface area (Å²) < 4.78 is 14.4. The quantitative estimate of drug-likeness (QED) is 0.886. The number of benzene rings is 2. The third-order valence-electron chi connectivity index (χ3n) is 2.49. The largest absolute Gasteiger partial charge is 0.352 e. The van der Waals surface area contributed by atoms with Crippen molar-refractivity contribution in [1.82, 2.24) is 0 Å². The highest BCUT2D eigenvalue weighted by Gasteiger charge is 2.05. The Morgan fingerprint density at radius 3 is 2.50 bits per heavy atom. The maximum atomic E-state index is 13.7. The van der Waals surface area contributed by atoms with Gasteiger partial charge in [-0.1, -0.05) is 6.07 Å². The van der Waals surface area contributed by atoms with Crippen LogP contribution in [0.1, 0.15) is 11.1 Å². The molecule has 1 N–H and O–H groups in total. The van der Waals surface area contributed by atoms with Gasteiger partial charge in [-0.05, 0) is 58.7 Å². The van der Waals surface area contributed by atoms with Gasteiger partial charge in [0, 0.05) is 4.47 Å². The van der Waals surface area contributed by atoms with E-state index in [4.69, 9.17) is 5.26 Å². The van der Waals surface area contributed by atoms with Crippen LogP contribution >= 0.6 is 15.9 Å². The van der Waals surface area contributed by atoms with E-state index < -0.39 is 0 Å². The summed E-state index contributed by atoms with van der Waals surface area (Å²) in [6.07, 6.45) is 0. The smallest absolute Gasteiger partial charge is 0.146 e. The first-order valence-electron chi connectivity index (χ1n) is 5.33. The Labute approximate surface area is 113 Å². The molecule has 0 amide bonds. The van der Waals surface area contributed by atoms with Crippen molar-refractivity contribution in [2.75, 3.05) is 5.32 Å². The molecule has 0 radical (unpaired) electrons. The summed E-state index contributed by atoms with van der Waals surface area (Å²) in [6.45, 7) is 1.84. The summed E-state index contributed by atoms with van der Waals surface area (Å²) in [5, 5.41) is 11.8. The summed E-state index contributed by atoms with van der Waals surface area (Å²) in [6, 6.07) is 12.2. The van der Waals surface area contributed by atoms with Gasteiger partial charge in [0.15, 0.2) is 0 Å². The van der Waals surface area contributed by atoms with Gasteiger partial charge >= 0.3 is 0 Å². The molecule has 0 spiro atoms. The molecule has 0 fully saturated rings. The number of rotatable bonds is 2. The predicted octanol–water partition coefficient (Wildman–Crippen LogP) is 4.51. The molecule has 0 saturated heterocycles. The van der Waals surface area contributed by atoms with E-state index in [2.05, 4.69) is 21.2 Å². The number of hydrogen-bond donors (Lipinski definition) is 1. The Balaban J connectivity index is 2.32. The Bertz CT molecular complexity index is 632. The van der Waals surface area contributed by atoms with E-state index in [0.717, 1.165) is 15.7 Å². The molecular weight excluding hydrogens is 295 g/mol. The molecule has 0 aliphatic carbocycles. The van der Waals surface area contributed by atoms with Crippen LogP contribution in [0.4, 0.5) is 15.8 Å².